The van der Waals surface area contributed by atoms with E-state index in [0.717, 1.165) is 83.5 Å². The van der Waals surface area contributed by atoms with Gasteiger partial charge in [-0.3, -0.25) is 9.59 Å². The number of carbonyl (C=O) groups excluding carboxylic acids is 2. The van der Waals surface area contributed by atoms with Crippen molar-refractivity contribution in [3.05, 3.63) is 85.1 Å². The summed E-state index contributed by atoms with van der Waals surface area (Å²) in [6.45, 7) is 7.69. The molecule has 0 fully saturated rings. The molecule has 5 nitrogen and oxygen atoms in total. The van der Waals surface area contributed by atoms with Crippen LogP contribution in [0.2, 0.25) is 0 Å². The molecule has 416 valence electrons. The fourth-order valence-corrected chi connectivity index (χ4v) is 8.76. The summed E-state index contributed by atoms with van der Waals surface area (Å²) in [4.78, 5) is 25.6. The predicted octanol–water partition coefficient (Wildman–Crippen LogP) is 21.6. The predicted molar refractivity (Wildman–Crippen MR) is 316 cm³/mol. The van der Waals surface area contributed by atoms with Gasteiger partial charge in [0.2, 0.25) is 0 Å². The Hall–Kier alpha value is -2.92. The zero-order chi connectivity index (χ0) is 52.0. The first-order valence-electron chi connectivity index (χ1n) is 31.1. The van der Waals surface area contributed by atoms with Gasteiger partial charge in [0, 0.05) is 19.4 Å². The van der Waals surface area contributed by atoms with Gasteiger partial charge in [-0.25, -0.2) is 0 Å². The molecule has 0 aliphatic carbocycles. The van der Waals surface area contributed by atoms with Crippen LogP contribution < -0.4 is 0 Å². The molecular formula is C67H118O5. The number of ether oxygens (including phenoxy) is 3. The molecule has 5 heteroatoms. The van der Waals surface area contributed by atoms with E-state index in [1.165, 1.54) is 186 Å². The minimum Gasteiger partial charge on any atom is -0.462 e. The minimum absolute atomic E-state index is 0.0742. The lowest BCUT2D eigenvalue weighted by atomic mass is 10.1. The standard InChI is InChI=1S/C67H118O5/c1-4-7-10-13-16-19-22-25-28-31-33-35-38-41-44-47-50-53-56-59-62-70-63-65(72-67(69)61-58-55-52-49-46-43-40-36-30-27-24-21-18-15-12-9-6-3)64-71-66(68)60-57-54-51-48-45-42-39-37-34-32-29-26-23-20-17-14-11-8-5-2/h9,12,16,18-19,21,25-30,33,35,65H,4-8,10-11,13-15,17,20,22-24,31-32,34,36-64H2,1-3H3/b12-9-,19-16-,21-18-,28-25-,29-26-,30-27-,35-33-. The van der Waals surface area contributed by atoms with Crippen molar-refractivity contribution in [3.63, 3.8) is 0 Å². The van der Waals surface area contributed by atoms with Crippen molar-refractivity contribution in [3.8, 4) is 0 Å². The van der Waals surface area contributed by atoms with Crippen LogP contribution in [-0.4, -0.2) is 37.9 Å². The molecule has 1 atom stereocenters. The molecule has 72 heavy (non-hydrogen) atoms. The largest absolute Gasteiger partial charge is 0.462 e. The van der Waals surface area contributed by atoms with Crippen LogP contribution in [0.5, 0.6) is 0 Å². The summed E-state index contributed by atoms with van der Waals surface area (Å²) in [5.41, 5.74) is 0. The molecule has 0 aromatic rings. The molecule has 0 heterocycles. The zero-order valence-corrected chi connectivity index (χ0v) is 47.9. The Morgan fingerprint density at radius 1 is 0.319 bits per heavy atom. The zero-order valence-electron chi connectivity index (χ0n) is 47.9. The molecule has 0 rings (SSSR count). The Morgan fingerprint density at radius 3 is 1.04 bits per heavy atom. The summed E-state index contributed by atoms with van der Waals surface area (Å²) in [5, 5.41) is 0. The second kappa shape index (κ2) is 62.4. The van der Waals surface area contributed by atoms with Gasteiger partial charge < -0.3 is 14.2 Å². The molecule has 0 N–H and O–H groups in total. The van der Waals surface area contributed by atoms with Crippen molar-refractivity contribution in [2.24, 2.45) is 0 Å². The van der Waals surface area contributed by atoms with Gasteiger partial charge in [0.25, 0.3) is 0 Å². The summed E-state index contributed by atoms with van der Waals surface area (Å²) in [6, 6.07) is 0. The van der Waals surface area contributed by atoms with Crippen LogP contribution >= 0.6 is 0 Å². The summed E-state index contributed by atoms with van der Waals surface area (Å²) in [7, 11) is 0. The van der Waals surface area contributed by atoms with Crippen molar-refractivity contribution < 1.29 is 23.8 Å². The van der Waals surface area contributed by atoms with Crippen molar-refractivity contribution >= 4 is 11.9 Å². The number of hydrogen-bond donors (Lipinski definition) is 0. The second-order valence-electron chi connectivity index (χ2n) is 20.6. The fourth-order valence-electron chi connectivity index (χ4n) is 8.76. The summed E-state index contributed by atoms with van der Waals surface area (Å²) >= 11 is 0. The molecule has 0 spiro atoms. The first-order chi connectivity index (χ1) is 35.6. The third kappa shape index (κ3) is 59.6. The van der Waals surface area contributed by atoms with Crippen molar-refractivity contribution in [1.29, 1.82) is 0 Å². The molecule has 0 saturated carbocycles. The van der Waals surface area contributed by atoms with E-state index in [1.54, 1.807) is 0 Å². The number of allylic oxidation sites excluding steroid dienone is 14. The van der Waals surface area contributed by atoms with Gasteiger partial charge in [0.1, 0.15) is 6.61 Å². The van der Waals surface area contributed by atoms with Crippen LogP contribution in [0.15, 0.2) is 85.1 Å². The van der Waals surface area contributed by atoms with Crippen LogP contribution in [0.3, 0.4) is 0 Å². The lowest BCUT2D eigenvalue weighted by molar-refractivity contribution is -0.163. The van der Waals surface area contributed by atoms with E-state index in [9.17, 15) is 9.59 Å². The van der Waals surface area contributed by atoms with Gasteiger partial charge in [-0.2, -0.15) is 0 Å². The topological polar surface area (TPSA) is 61.8 Å². The van der Waals surface area contributed by atoms with Gasteiger partial charge in [0.05, 0.1) is 6.61 Å². The molecule has 0 amide bonds. The van der Waals surface area contributed by atoms with Crippen LogP contribution in [0, 0.1) is 0 Å². The van der Waals surface area contributed by atoms with Crippen LogP contribution in [0.25, 0.3) is 0 Å². The smallest absolute Gasteiger partial charge is 0.306 e. The molecule has 0 aromatic carbocycles. The maximum absolute atomic E-state index is 12.9. The Balaban J connectivity index is 4.31. The molecule has 0 saturated heterocycles. The molecule has 1 unspecified atom stereocenters. The third-order valence-corrected chi connectivity index (χ3v) is 13.4. The van der Waals surface area contributed by atoms with E-state index in [-0.39, 0.29) is 25.2 Å². The maximum atomic E-state index is 12.9. The van der Waals surface area contributed by atoms with Crippen LogP contribution in [0.4, 0.5) is 0 Å². The summed E-state index contributed by atoms with van der Waals surface area (Å²) < 4.78 is 17.5. The van der Waals surface area contributed by atoms with Gasteiger partial charge in [-0.15, -0.1) is 0 Å². The first kappa shape index (κ1) is 69.1. The summed E-state index contributed by atoms with van der Waals surface area (Å²) in [6.07, 6.45) is 83.3. The molecule has 0 aliphatic rings. The molecule has 0 aliphatic heterocycles. The highest BCUT2D eigenvalue weighted by molar-refractivity contribution is 5.70. The van der Waals surface area contributed by atoms with E-state index in [1.807, 2.05) is 0 Å². The van der Waals surface area contributed by atoms with E-state index >= 15 is 0 Å². The Labute approximate surface area is 448 Å². The maximum Gasteiger partial charge on any atom is 0.306 e. The Bertz CT molecular complexity index is 1320. The third-order valence-electron chi connectivity index (χ3n) is 13.4. The SMILES string of the molecule is CC/C=C\C/C=C\C/C=C\CCCCCCCCCC(=O)OC(COCCCCCCCCC/C=C\C/C=C\C/C=C\CCCCC)COC(=O)CCCCCCCCCCC/C=C\CCCCCCCC. The molecule has 0 aromatic heterocycles. The average molecular weight is 1000 g/mol. The average Bonchev–Trinajstić information content (AvgIpc) is 3.38. The Morgan fingerprint density at radius 2 is 0.625 bits per heavy atom. The summed E-state index contributed by atoms with van der Waals surface area (Å²) in [5.74, 6) is -0.408. The number of hydrogen-bond acceptors (Lipinski definition) is 5. The van der Waals surface area contributed by atoms with Gasteiger partial charge in [-0.05, 0) is 116 Å². The number of carbonyl (C=O) groups is 2. The van der Waals surface area contributed by atoms with E-state index in [2.05, 4.69) is 106 Å². The van der Waals surface area contributed by atoms with E-state index in [0.29, 0.717) is 19.4 Å². The highest BCUT2D eigenvalue weighted by Crippen LogP contribution is 2.15. The van der Waals surface area contributed by atoms with Gasteiger partial charge in [-0.1, -0.05) is 260 Å². The van der Waals surface area contributed by atoms with Crippen LogP contribution in [-0.2, 0) is 23.8 Å². The van der Waals surface area contributed by atoms with E-state index < -0.39 is 6.10 Å². The lowest BCUT2D eigenvalue weighted by Gasteiger charge is -2.18. The van der Waals surface area contributed by atoms with Gasteiger partial charge in [0.15, 0.2) is 6.10 Å². The highest BCUT2D eigenvalue weighted by Gasteiger charge is 2.17. The normalized spacial score (nSPS) is 12.8. The number of unbranched alkanes of at least 4 members (excludes halogenated alkanes) is 32. The minimum atomic E-state index is -0.553. The molecule has 0 bridgehead atoms. The van der Waals surface area contributed by atoms with E-state index in [4.69, 9.17) is 14.2 Å². The second-order valence-corrected chi connectivity index (χ2v) is 20.6. The highest BCUT2D eigenvalue weighted by atomic mass is 16.6. The van der Waals surface area contributed by atoms with Gasteiger partial charge >= 0.3 is 11.9 Å². The van der Waals surface area contributed by atoms with Crippen LogP contribution in [0.1, 0.15) is 303 Å². The Kier molecular flexibility index (Phi) is 59.8. The lowest BCUT2D eigenvalue weighted by Crippen LogP contribution is -2.30. The molecule has 0 radical (unpaired) electrons. The number of rotatable bonds is 57. The number of esters is 2. The fraction of sp³-hybridized carbons (Fsp3) is 0.761. The quantitative estimate of drug-likeness (QED) is 0.0345. The molecular weight excluding hydrogens is 885 g/mol. The van der Waals surface area contributed by atoms with Crippen molar-refractivity contribution in [2.75, 3.05) is 19.8 Å². The monoisotopic (exact) mass is 1000 g/mol. The van der Waals surface area contributed by atoms with Crippen molar-refractivity contribution in [2.45, 2.75) is 309 Å². The van der Waals surface area contributed by atoms with Crippen molar-refractivity contribution in [1.82, 2.24) is 0 Å². The first-order valence-corrected chi connectivity index (χ1v) is 31.1.